The Hall–Kier alpha value is -4.11. The predicted octanol–water partition coefficient (Wildman–Crippen LogP) is 4.39. The van der Waals surface area contributed by atoms with Crippen molar-refractivity contribution in [3.63, 3.8) is 0 Å². The lowest BCUT2D eigenvalue weighted by Crippen LogP contribution is -1.86. The first-order valence-corrected chi connectivity index (χ1v) is 10.0. The van der Waals surface area contributed by atoms with E-state index < -0.39 is 0 Å². The van der Waals surface area contributed by atoms with Crippen LogP contribution in [0.5, 0.6) is 5.75 Å². The highest BCUT2D eigenvalue weighted by Gasteiger charge is 2.17. The Balaban J connectivity index is 1.52. The Morgan fingerprint density at radius 1 is 0.967 bits per heavy atom. The van der Waals surface area contributed by atoms with Crippen molar-refractivity contribution < 1.29 is 5.11 Å². The minimum atomic E-state index is 0.0905. The molecule has 0 amide bonds. The highest BCUT2D eigenvalue weighted by molar-refractivity contribution is 7.13. The molecule has 0 aliphatic carbocycles. The Morgan fingerprint density at radius 2 is 1.93 bits per heavy atom. The number of imidazole rings is 1. The first kappa shape index (κ1) is 16.8. The maximum atomic E-state index is 9.74. The minimum Gasteiger partial charge on any atom is -0.506 e. The third-order valence-electron chi connectivity index (χ3n) is 4.85. The van der Waals surface area contributed by atoms with Crippen molar-refractivity contribution in [2.24, 2.45) is 0 Å². The lowest BCUT2D eigenvalue weighted by molar-refractivity contribution is 0.473. The summed E-state index contributed by atoms with van der Waals surface area (Å²) in [5.41, 5.74) is 5.43. The molecule has 0 aliphatic heterocycles. The van der Waals surface area contributed by atoms with E-state index in [0.717, 1.165) is 38.1 Å². The maximum Gasteiger partial charge on any atom is 0.159 e. The third-order valence-corrected chi connectivity index (χ3v) is 5.72. The number of nitrogens with zero attached hydrogens (tertiary/aromatic N) is 5. The smallest absolute Gasteiger partial charge is 0.159 e. The molecule has 0 saturated carbocycles. The van der Waals surface area contributed by atoms with E-state index in [9.17, 15) is 5.11 Å². The van der Waals surface area contributed by atoms with Gasteiger partial charge in [-0.25, -0.2) is 4.98 Å². The van der Waals surface area contributed by atoms with E-state index in [-0.39, 0.29) is 5.75 Å². The number of aromatic amines is 2. The second-order valence-electron chi connectivity index (χ2n) is 6.74. The zero-order valence-electron chi connectivity index (χ0n) is 15.4. The van der Waals surface area contributed by atoms with Gasteiger partial charge < -0.3 is 10.1 Å². The molecule has 6 heterocycles. The molecule has 0 aromatic carbocycles. The lowest BCUT2D eigenvalue weighted by Gasteiger charge is -2.01. The summed E-state index contributed by atoms with van der Waals surface area (Å²) in [7, 11) is 0. The normalized spacial score (nSPS) is 11.5. The van der Waals surface area contributed by atoms with Crippen molar-refractivity contribution >= 4 is 33.3 Å². The van der Waals surface area contributed by atoms with Crippen LogP contribution >= 0.6 is 11.3 Å². The van der Waals surface area contributed by atoms with Gasteiger partial charge >= 0.3 is 0 Å². The Bertz CT molecular complexity index is 1520. The van der Waals surface area contributed by atoms with Crippen LogP contribution in [0, 0.1) is 0 Å². The molecule has 0 unspecified atom stereocenters. The van der Waals surface area contributed by atoms with E-state index in [1.165, 1.54) is 6.20 Å². The van der Waals surface area contributed by atoms with E-state index in [1.54, 1.807) is 36.0 Å². The fraction of sp³-hybridized carbons (Fsp3) is 0. The first-order chi connectivity index (χ1) is 14.8. The first-order valence-electron chi connectivity index (χ1n) is 9.14. The van der Waals surface area contributed by atoms with Crippen LogP contribution in [-0.4, -0.2) is 40.2 Å². The van der Waals surface area contributed by atoms with E-state index >= 15 is 0 Å². The van der Waals surface area contributed by atoms with Gasteiger partial charge in [-0.2, -0.15) is 5.10 Å². The van der Waals surface area contributed by atoms with E-state index in [0.29, 0.717) is 17.2 Å². The number of hydrogen-bond donors (Lipinski definition) is 3. The highest BCUT2D eigenvalue weighted by Crippen LogP contribution is 2.33. The molecule has 0 spiro atoms. The van der Waals surface area contributed by atoms with Crippen LogP contribution in [0.3, 0.4) is 0 Å². The Labute approximate surface area is 173 Å². The third kappa shape index (κ3) is 2.64. The number of thiophene rings is 1. The van der Waals surface area contributed by atoms with Crippen molar-refractivity contribution in [1.82, 2.24) is 35.1 Å². The number of nitrogens with one attached hydrogen (secondary N) is 2. The monoisotopic (exact) mass is 411 g/mol. The zero-order chi connectivity index (χ0) is 20.1. The summed E-state index contributed by atoms with van der Waals surface area (Å²) in [6.45, 7) is 0. The molecule has 0 aliphatic rings. The summed E-state index contributed by atoms with van der Waals surface area (Å²) in [4.78, 5) is 22.2. The average molecular weight is 411 g/mol. The quantitative estimate of drug-likeness (QED) is 0.398. The average Bonchev–Trinajstić information content (AvgIpc) is 3.51. The molecular weight excluding hydrogens is 398 g/mol. The second-order valence-corrected chi connectivity index (χ2v) is 7.69. The van der Waals surface area contributed by atoms with E-state index in [1.807, 2.05) is 29.6 Å². The van der Waals surface area contributed by atoms with Crippen molar-refractivity contribution in [2.45, 2.75) is 0 Å². The van der Waals surface area contributed by atoms with Crippen molar-refractivity contribution in [3.05, 3.63) is 60.5 Å². The Kier molecular flexibility index (Phi) is 3.62. The van der Waals surface area contributed by atoms with Crippen LogP contribution in [0.4, 0.5) is 0 Å². The summed E-state index contributed by atoms with van der Waals surface area (Å²) in [5.74, 6) is 0.737. The standard InChI is InChI=1S/C21H13N7OS/c29-12-6-11(8-22-9-12)15-7-13-16(10-24-15)27-28-18(13)21-25-14-3-4-23-20(19(14)26-21)17-2-1-5-30-17/h1-10,29H,(H,25,26)(H,27,28). The van der Waals surface area contributed by atoms with Crippen LogP contribution in [-0.2, 0) is 0 Å². The molecule has 0 saturated heterocycles. The van der Waals surface area contributed by atoms with Gasteiger partial charge in [0, 0.05) is 23.3 Å². The van der Waals surface area contributed by atoms with E-state index in [4.69, 9.17) is 4.98 Å². The predicted molar refractivity (Wildman–Crippen MR) is 115 cm³/mol. The van der Waals surface area contributed by atoms with Gasteiger partial charge in [0.15, 0.2) is 5.82 Å². The minimum absolute atomic E-state index is 0.0905. The number of aromatic hydroxyl groups is 1. The zero-order valence-corrected chi connectivity index (χ0v) is 16.2. The molecule has 6 aromatic rings. The fourth-order valence-electron chi connectivity index (χ4n) is 3.46. The van der Waals surface area contributed by atoms with Crippen LogP contribution in [0.1, 0.15) is 0 Å². The molecule has 144 valence electrons. The summed E-state index contributed by atoms with van der Waals surface area (Å²) in [6, 6.07) is 9.48. The molecule has 6 aromatic heterocycles. The molecule has 0 fully saturated rings. The number of hydrogen-bond acceptors (Lipinski definition) is 7. The largest absolute Gasteiger partial charge is 0.506 e. The molecule has 0 bridgehead atoms. The van der Waals surface area contributed by atoms with Crippen molar-refractivity contribution in [2.75, 3.05) is 0 Å². The van der Waals surface area contributed by atoms with Crippen LogP contribution in [0.2, 0.25) is 0 Å². The Morgan fingerprint density at radius 3 is 2.80 bits per heavy atom. The van der Waals surface area contributed by atoms with Gasteiger partial charge in [-0.1, -0.05) is 6.07 Å². The molecule has 0 atom stereocenters. The summed E-state index contributed by atoms with van der Waals surface area (Å²) < 4.78 is 0. The van der Waals surface area contributed by atoms with Crippen LogP contribution in [0.25, 0.3) is 55.3 Å². The fourth-order valence-corrected chi connectivity index (χ4v) is 4.19. The molecule has 8 nitrogen and oxygen atoms in total. The molecular formula is C21H13N7OS. The summed E-state index contributed by atoms with van der Waals surface area (Å²) in [6.07, 6.45) is 6.54. The van der Waals surface area contributed by atoms with Gasteiger partial charge in [-0.3, -0.25) is 20.1 Å². The summed E-state index contributed by atoms with van der Waals surface area (Å²) in [5, 5.41) is 20.1. The maximum absolute atomic E-state index is 9.74. The topological polar surface area (TPSA) is 116 Å². The number of aromatic nitrogens is 7. The van der Waals surface area contributed by atoms with Gasteiger partial charge in [0.2, 0.25) is 0 Å². The SMILES string of the molecule is Oc1cncc(-c2cc3c(-c4nc5c(-c6cccs6)nccc5[nH]4)n[nH]c3cn2)c1. The van der Waals surface area contributed by atoms with Crippen LogP contribution < -0.4 is 0 Å². The number of rotatable bonds is 3. The van der Waals surface area contributed by atoms with Crippen molar-refractivity contribution in [3.8, 4) is 39.1 Å². The van der Waals surface area contributed by atoms with Crippen LogP contribution in [0.15, 0.2) is 60.5 Å². The second kappa shape index (κ2) is 6.46. The van der Waals surface area contributed by atoms with Gasteiger partial charge in [-0.15, -0.1) is 11.3 Å². The molecule has 9 heteroatoms. The molecule has 0 radical (unpaired) electrons. The van der Waals surface area contributed by atoms with E-state index in [2.05, 4.69) is 30.1 Å². The van der Waals surface area contributed by atoms with Gasteiger partial charge in [0.25, 0.3) is 0 Å². The van der Waals surface area contributed by atoms with Crippen molar-refractivity contribution in [1.29, 1.82) is 0 Å². The molecule has 30 heavy (non-hydrogen) atoms. The van der Waals surface area contributed by atoms with Gasteiger partial charge in [0.05, 0.1) is 34.0 Å². The lowest BCUT2D eigenvalue weighted by atomic mass is 10.1. The number of pyridine rings is 3. The highest BCUT2D eigenvalue weighted by atomic mass is 32.1. The van der Waals surface area contributed by atoms with Gasteiger partial charge in [-0.05, 0) is 29.6 Å². The molecule has 6 rings (SSSR count). The molecule has 3 N–H and O–H groups in total. The number of fused-ring (bicyclic) bond motifs is 2. The summed E-state index contributed by atoms with van der Waals surface area (Å²) >= 11 is 1.63. The van der Waals surface area contributed by atoms with Gasteiger partial charge in [0.1, 0.15) is 22.7 Å². The number of H-pyrrole nitrogens is 2.